The summed E-state index contributed by atoms with van der Waals surface area (Å²) in [4.78, 5) is 60.3. The molecule has 3 aromatic carbocycles. The monoisotopic (exact) mass is 1080 g/mol. The third-order valence-corrected chi connectivity index (χ3v) is 14.8. The summed E-state index contributed by atoms with van der Waals surface area (Å²) in [6.07, 6.45) is -1.67. The number of thiazole rings is 1. The highest BCUT2D eigenvalue weighted by atomic mass is 35.5. The largest absolute Gasteiger partial charge is 0.489 e. The molecule has 1 aliphatic heterocycles. The molecule has 0 spiro atoms. The van der Waals surface area contributed by atoms with Gasteiger partial charge < -0.3 is 40.2 Å². The molecule has 4 aromatic rings. The fourth-order valence-electron chi connectivity index (χ4n) is 9.63. The first-order valence-electron chi connectivity index (χ1n) is 23.5. The zero-order chi connectivity index (χ0) is 54.9. The standard InChI is InChI=1S/C52H59ClF6N6O8S/c1-28(30-10-12-31(13-11-30)40-29(2)61-27-74-40)62-43(69)38-20-34(66)23-65(38)44(70)41(47(3,4)5)63-39(67)24-71-25-50(54,55)52(58,59)51(56,57)26-72-35-17-14-32(15-18-35)42(68)64-45-48(6,7)46(49(45,8)9)73-36-19-16-33(22-60)37(53)21-36/h10-19,21,27-28,34,38,41,45-46,66H,20,23-26H2,1-9H3,(H,62,69)(H,63,67)(H,64,68)/t28-,34+,38?,41?,45?,46?/m0/s1. The Morgan fingerprint density at radius 1 is 0.919 bits per heavy atom. The summed E-state index contributed by atoms with van der Waals surface area (Å²) in [6.45, 7) is 9.60. The van der Waals surface area contributed by atoms with Gasteiger partial charge in [-0.05, 0) is 66.8 Å². The lowest BCUT2D eigenvalue weighted by Gasteiger charge is -2.63. The molecule has 2 heterocycles. The minimum Gasteiger partial charge on any atom is -0.489 e. The van der Waals surface area contributed by atoms with Gasteiger partial charge in [0, 0.05) is 41.5 Å². The van der Waals surface area contributed by atoms with Crippen molar-refractivity contribution in [3.8, 4) is 28.0 Å². The molecule has 2 fully saturated rings. The topological polar surface area (TPSA) is 192 Å². The number of hydrogen-bond acceptors (Lipinski definition) is 11. The zero-order valence-corrected chi connectivity index (χ0v) is 43.7. The van der Waals surface area contributed by atoms with Crippen molar-refractivity contribution < 1.29 is 64.8 Å². The minimum absolute atomic E-state index is 0.0448. The number of halogens is 7. The van der Waals surface area contributed by atoms with Crippen LogP contribution in [-0.2, 0) is 19.1 Å². The third-order valence-electron chi connectivity index (χ3n) is 13.5. The fourth-order valence-corrected chi connectivity index (χ4v) is 10.6. The number of aryl methyl sites for hydroxylation is 1. The van der Waals surface area contributed by atoms with Gasteiger partial charge in [-0.1, -0.05) is 84.3 Å². The molecule has 4 amide bonds. The molecule has 2 aliphatic rings. The van der Waals surface area contributed by atoms with Crippen molar-refractivity contribution in [1.82, 2.24) is 25.8 Å². The molecule has 1 aliphatic carbocycles. The number of aromatic nitrogens is 1. The zero-order valence-electron chi connectivity index (χ0n) is 42.1. The lowest BCUT2D eigenvalue weighted by atomic mass is 9.49. The molecular weight excluding hydrogens is 1020 g/mol. The van der Waals surface area contributed by atoms with E-state index >= 15 is 0 Å². The van der Waals surface area contributed by atoms with Crippen LogP contribution in [0.2, 0.25) is 5.02 Å². The van der Waals surface area contributed by atoms with E-state index in [4.69, 9.17) is 21.1 Å². The third kappa shape index (κ3) is 12.1. The van der Waals surface area contributed by atoms with E-state index in [1.165, 1.54) is 35.6 Å². The molecule has 400 valence electrons. The molecule has 1 aromatic heterocycles. The van der Waals surface area contributed by atoms with Crippen LogP contribution in [0.4, 0.5) is 26.3 Å². The molecule has 74 heavy (non-hydrogen) atoms. The molecule has 4 atom stereocenters. The highest BCUT2D eigenvalue weighted by Gasteiger charge is 2.72. The van der Waals surface area contributed by atoms with Gasteiger partial charge >= 0.3 is 17.8 Å². The molecule has 0 bridgehead atoms. The fraction of sp³-hybridized carbons (Fsp3) is 0.500. The van der Waals surface area contributed by atoms with Gasteiger partial charge in [-0.3, -0.25) is 19.2 Å². The quantitative estimate of drug-likeness (QED) is 0.0660. The Morgan fingerprint density at radius 2 is 1.53 bits per heavy atom. The normalized spacial score (nSPS) is 20.4. The van der Waals surface area contributed by atoms with Gasteiger partial charge in [0.25, 0.3) is 5.91 Å². The number of nitrogens with zero attached hydrogens (tertiary/aromatic N) is 3. The van der Waals surface area contributed by atoms with E-state index in [2.05, 4.69) is 25.7 Å². The molecule has 0 radical (unpaired) electrons. The second-order valence-corrected chi connectivity index (χ2v) is 22.2. The van der Waals surface area contributed by atoms with Crippen LogP contribution in [0.1, 0.15) is 95.0 Å². The maximum absolute atomic E-state index is 15.0. The molecule has 22 heteroatoms. The van der Waals surface area contributed by atoms with E-state index < -0.39 is 120 Å². The summed E-state index contributed by atoms with van der Waals surface area (Å²) in [7, 11) is 0. The average Bonchev–Trinajstić information content (AvgIpc) is 3.95. The number of amides is 4. The SMILES string of the molecule is Cc1ncsc1-c1ccc([C@H](C)NC(=O)C2C[C@@H](O)CN2C(=O)C(NC(=O)COCC(F)(F)C(F)(F)C(F)(F)COc2ccc(C(=O)NC3C(C)(C)C(Oc4ccc(C#N)c(Cl)c4)C3(C)C)cc2)C(C)(C)C)cc1. The van der Waals surface area contributed by atoms with Crippen LogP contribution in [-0.4, -0.2) is 113 Å². The Labute approximate surface area is 434 Å². The molecule has 1 saturated heterocycles. The first kappa shape index (κ1) is 57.3. The summed E-state index contributed by atoms with van der Waals surface area (Å²) >= 11 is 7.66. The number of ether oxygens (including phenoxy) is 3. The van der Waals surface area contributed by atoms with Crippen molar-refractivity contribution in [2.45, 2.75) is 123 Å². The van der Waals surface area contributed by atoms with Crippen molar-refractivity contribution >= 4 is 46.6 Å². The van der Waals surface area contributed by atoms with Gasteiger partial charge in [0.05, 0.1) is 38.8 Å². The van der Waals surface area contributed by atoms with E-state index in [0.29, 0.717) is 5.75 Å². The Hall–Kier alpha value is -5.95. The number of likely N-dealkylation sites (tertiary alicyclic amines) is 1. The van der Waals surface area contributed by atoms with E-state index in [-0.39, 0.29) is 29.1 Å². The second kappa shape index (κ2) is 21.7. The molecule has 2 unspecified atom stereocenters. The number of aliphatic hydroxyl groups is 1. The number of nitrogens with one attached hydrogen (secondary N) is 3. The van der Waals surface area contributed by atoms with Crippen molar-refractivity contribution in [3.05, 3.63) is 99.6 Å². The number of nitriles is 1. The van der Waals surface area contributed by atoms with E-state index in [0.717, 1.165) is 38.7 Å². The predicted molar refractivity (Wildman–Crippen MR) is 263 cm³/mol. The first-order valence-corrected chi connectivity index (χ1v) is 24.8. The lowest BCUT2D eigenvalue weighted by molar-refractivity contribution is -0.324. The van der Waals surface area contributed by atoms with Crippen molar-refractivity contribution in [2.24, 2.45) is 16.2 Å². The van der Waals surface area contributed by atoms with Crippen molar-refractivity contribution in [1.29, 1.82) is 5.26 Å². The first-order chi connectivity index (χ1) is 34.3. The predicted octanol–water partition coefficient (Wildman–Crippen LogP) is 8.93. The summed E-state index contributed by atoms with van der Waals surface area (Å²) < 4.78 is 105. The van der Waals surface area contributed by atoms with E-state index in [9.17, 15) is 55.9 Å². The van der Waals surface area contributed by atoms with Gasteiger partial charge in [0.15, 0.2) is 6.61 Å². The molecular formula is C52H59ClF6N6O8S. The second-order valence-electron chi connectivity index (χ2n) is 21.0. The number of carbonyl (C=O) groups excluding carboxylic acids is 4. The number of β-amino-alcohol motifs (C(OH)–C–C–N with tert-alkyl or cyclic N) is 1. The number of rotatable bonds is 19. The maximum atomic E-state index is 15.0. The summed E-state index contributed by atoms with van der Waals surface area (Å²) in [5.41, 5.74) is 2.28. The number of aliphatic hydroxyl groups excluding tert-OH is 1. The Bertz CT molecular complexity index is 2730. The summed E-state index contributed by atoms with van der Waals surface area (Å²) in [5, 5.41) is 28.1. The number of carbonyl (C=O) groups is 4. The molecule has 14 nitrogen and oxygen atoms in total. The van der Waals surface area contributed by atoms with Crippen LogP contribution in [0.15, 0.2) is 72.2 Å². The van der Waals surface area contributed by atoms with E-state index in [1.807, 2.05) is 65.0 Å². The van der Waals surface area contributed by atoms with Crippen LogP contribution < -0.4 is 25.4 Å². The van der Waals surface area contributed by atoms with Crippen LogP contribution in [0.3, 0.4) is 0 Å². The Kier molecular flexibility index (Phi) is 16.8. The van der Waals surface area contributed by atoms with Gasteiger partial charge in [0.1, 0.15) is 49.0 Å². The number of alkyl halides is 6. The Morgan fingerprint density at radius 3 is 2.09 bits per heavy atom. The Balaban J connectivity index is 0.989. The summed E-state index contributed by atoms with van der Waals surface area (Å²) in [6, 6.07) is 14.9. The number of benzene rings is 3. The van der Waals surface area contributed by atoms with Crippen molar-refractivity contribution in [3.63, 3.8) is 0 Å². The van der Waals surface area contributed by atoms with Gasteiger partial charge in [0.2, 0.25) is 17.7 Å². The van der Waals surface area contributed by atoms with Crippen molar-refractivity contribution in [2.75, 3.05) is 26.4 Å². The van der Waals surface area contributed by atoms with Gasteiger partial charge in [-0.15, -0.1) is 11.3 Å². The maximum Gasteiger partial charge on any atom is 0.377 e. The molecule has 1 saturated carbocycles. The van der Waals surface area contributed by atoms with Crippen LogP contribution in [0.25, 0.3) is 10.4 Å². The summed E-state index contributed by atoms with van der Waals surface area (Å²) in [5.74, 6) is -20.3. The smallest absolute Gasteiger partial charge is 0.377 e. The number of hydrogen-bond donors (Lipinski definition) is 4. The molecule has 6 rings (SSSR count). The van der Waals surface area contributed by atoms with Gasteiger partial charge in [-0.2, -0.15) is 31.6 Å². The van der Waals surface area contributed by atoms with Gasteiger partial charge in [-0.25, -0.2) is 4.98 Å². The lowest BCUT2D eigenvalue weighted by Crippen LogP contribution is -2.74. The van der Waals surface area contributed by atoms with E-state index in [1.54, 1.807) is 39.3 Å². The van der Waals surface area contributed by atoms with Crippen LogP contribution in [0, 0.1) is 34.5 Å². The van der Waals surface area contributed by atoms with Crippen LogP contribution in [0.5, 0.6) is 11.5 Å². The minimum atomic E-state index is -6.06. The highest BCUT2D eigenvalue weighted by molar-refractivity contribution is 7.13. The highest BCUT2D eigenvalue weighted by Crippen LogP contribution is 2.56. The van der Waals surface area contributed by atoms with Crippen LogP contribution >= 0.6 is 22.9 Å². The molecule has 4 N–H and O–H groups in total. The average molecular weight is 1080 g/mol.